The molecule has 1 aliphatic rings. The summed E-state index contributed by atoms with van der Waals surface area (Å²) in [7, 11) is 3.24. The zero-order chi connectivity index (χ0) is 15.6. The fourth-order valence-corrected chi connectivity index (χ4v) is 2.58. The van der Waals surface area contributed by atoms with Gasteiger partial charge in [-0.3, -0.25) is 14.5 Å². The number of hydrogen-bond acceptors (Lipinski definition) is 4. The second-order valence-corrected chi connectivity index (χ2v) is 5.15. The van der Waals surface area contributed by atoms with E-state index in [0.717, 1.165) is 5.69 Å². The third kappa shape index (κ3) is 2.85. The van der Waals surface area contributed by atoms with Crippen LogP contribution in [0.15, 0.2) is 24.3 Å². The number of carboxylic acid groups (broad SMARTS) is 1. The first-order valence-electron chi connectivity index (χ1n) is 6.86. The number of ether oxygens (including phenoxy) is 1. The van der Waals surface area contributed by atoms with Crippen molar-refractivity contribution in [3.05, 3.63) is 24.3 Å². The summed E-state index contributed by atoms with van der Waals surface area (Å²) in [4.78, 5) is 26.9. The van der Waals surface area contributed by atoms with Crippen molar-refractivity contribution >= 4 is 17.6 Å². The van der Waals surface area contributed by atoms with Crippen LogP contribution in [0.4, 0.5) is 5.69 Å². The summed E-state index contributed by atoms with van der Waals surface area (Å²) < 4.78 is 5.29. The lowest BCUT2D eigenvalue weighted by atomic mass is 10.1. The first kappa shape index (κ1) is 15.3. The molecule has 1 aromatic carbocycles. The Hall–Kier alpha value is -2.08. The second kappa shape index (κ2) is 6.13. The SMILES string of the molecule is COc1ccccc1N1CCC(N(C)C(C)C(=O)O)C1=O. The number of nitrogens with zero attached hydrogens (tertiary/aromatic N) is 2. The molecule has 2 unspecified atom stereocenters. The van der Waals surface area contributed by atoms with Gasteiger partial charge in [-0.1, -0.05) is 12.1 Å². The summed E-state index contributed by atoms with van der Waals surface area (Å²) in [5, 5.41) is 9.08. The van der Waals surface area contributed by atoms with E-state index < -0.39 is 18.1 Å². The van der Waals surface area contributed by atoms with E-state index in [9.17, 15) is 9.59 Å². The molecule has 0 bridgehead atoms. The minimum atomic E-state index is -0.930. The smallest absolute Gasteiger partial charge is 0.320 e. The predicted octanol–water partition coefficient (Wildman–Crippen LogP) is 1.21. The lowest BCUT2D eigenvalue weighted by Crippen LogP contribution is -2.47. The molecule has 1 aromatic rings. The Morgan fingerprint density at radius 1 is 1.48 bits per heavy atom. The molecular formula is C15H20N2O4. The van der Waals surface area contributed by atoms with Gasteiger partial charge in [-0.2, -0.15) is 0 Å². The van der Waals surface area contributed by atoms with Gasteiger partial charge in [0.2, 0.25) is 5.91 Å². The van der Waals surface area contributed by atoms with Gasteiger partial charge >= 0.3 is 5.97 Å². The van der Waals surface area contributed by atoms with Crippen LogP contribution in [0.3, 0.4) is 0 Å². The highest BCUT2D eigenvalue weighted by atomic mass is 16.5. The molecule has 1 amide bonds. The zero-order valence-electron chi connectivity index (χ0n) is 12.4. The van der Waals surface area contributed by atoms with Gasteiger partial charge in [0.1, 0.15) is 11.8 Å². The van der Waals surface area contributed by atoms with E-state index in [4.69, 9.17) is 9.84 Å². The fraction of sp³-hybridized carbons (Fsp3) is 0.467. The van der Waals surface area contributed by atoms with Gasteiger partial charge in [-0.25, -0.2) is 0 Å². The van der Waals surface area contributed by atoms with E-state index >= 15 is 0 Å². The Morgan fingerprint density at radius 2 is 2.14 bits per heavy atom. The van der Waals surface area contributed by atoms with Crippen LogP contribution in [0, 0.1) is 0 Å². The fourth-order valence-electron chi connectivity index (χ4n) is 2.58. The molecule has 0 aliphatic carbocycles. The number of carbonyl (C=O) groups is 2. The van der Waals surface area contributed by atoms with Crippen LogP contribution in [0.2, 0.25) is 0 Å². The van der Waals surface area contributed by atoms with Crippen LogP contribution in [-0.4, -0.2) is 54.7 Å². The number of amides is 1. The molecule has 1 fully saturated rings. The third-order valence-corrected chi connectivity index (χ3v) is 4.01. The molecule has 1 heterocycles. The Morgan fingerprint density at radius 3 is 2.76 bits per heavy atom. The summed E-state index contributed by atoms with van der Waals surface area (Å²) >= 11 is 0. The van der Waals surface area contributed by atoms with Crippen molar-refractivity contribution in [1.29, 1.82) is 0 Å². The molecule has 0 spiro atoms. The van der Waals surface area contributed by atoms with E-state index in [-0.39, 0.29) is 5.91 Å². The number of benzene rings is 1. The first-order chi connectivity index (χ1) is 9.97. The Bertz CT molecular complexity index is 546. The number of para-hydroxylation sites is 2. The Balaban J connectivity index is 2.20. The van der Waals surface area contributed by atoms with Crippen LogP contribution < -0.4 is 9.64 Å². The Kier molecular flexibility index (Phi) is 4.47. The summed E-state index contributed by atoms with van der Waals surface area (Å²) in [6.07, 6.45) is 0.602. The molecule has 2 rings (SSSR count). The molecule has 21 heavy (non-hydrogen) atoms. The van der Waals surface area contributed by atoms with Crippen molar-refractivity contribution < 1.29 is 19.4 Å². The highest BCUT2D eigenvalue weighted by Crippen LogP contribution is 2.32. The quantitative estimate of drug-likeness (QED) is 0.883. The first-order valence-corrected chi connectivity index (χ1v) is 6.86. The average molecular weight is 292 g/mol. The number of anilines is 1. The van der Waals surface area contributed by atoms with Gasteiger partial charge < -0.3 is 14.7 Å². The van der Waals surface area contributed by atoms with Crippen LogP contribution in [-0.2, 0) is 9.59 Å². The highest BCUT2D eigenvalue weighted by Gasteiger charge is 2.39. The van der Waals surface area contributed by atoms with Gasteiger partial charge in [0.25, 0.3) is 0 Å². The maximum Gasteiger partial charge on any atom is 0.320 e. The standard InChI is InChI=1S/C15H20N2O4/c1-10(15(19)20)16(2)12-8-9-17(14(12)18)11-6-4-5-7-13(11)21-3/h4-7,10,12H,8-9H2,1-3H3,(H,19,20). The summed E-state index contributed by atoms with van der Waals surface area (Å²) in [6, 6.07) is 6.22. The van der Waals surface area contributed by atoms with Crippen molar-refractivity contribution in [3.8, 4) is 5.75 Å². The minimum Gasteiger partial charge on any atom is -0.495 e. The number of carboxylic acids is 1. The monoisotopic (exact) mass is 292 g/mol. The maximum atomic E-state index is 12.6. The van der Waals surface area contributed by atoms with Gasteiger partial charge in [0.15, 0.2) is 0 Å². The van der Waals surface area contributed by atoms with Crippen molar-refractivity contribution in [2.45, 2.75) is 25.4 Å². The van der Waals surface area contributed by atoms with Crippen molar-refractivity contribution in [3.63, 3.8) is 0 Å². The number of rotatable bonds is 5. The Labute approximate surface area is 123 Å². The molecule has 1 aliphatic heterocycles. The van der Waals surface area contributed by atoms with Gasteiger partial charge in [0.05, 0.1) is 18.8 Å². The lowest BCUT2D eigenvalue weighted by molar-refractivity contribution is -0.143. The van der Waals surface area contributed by atoms with Gasteiger partial charge in [-0.15, -0.1) is 0 Å². The van der Waals surface area contributed by atoms with Gasteiger partial charge in [-0.05, 0) is 32.5 Å². The van der Waals surface area contributed by atoms with E-state index in [1.807, 2.05) is 18.2 Å². The lowest BCUT2D eigenvalue weighted by Gasteiger charge is -2.27. The molecule has 0 aromatic heterocycles. The molecule has 6 heteroatoms. The molecule has 114 valence electrons. The van der Waals surface area contributed by atoms with Crippen LogP contribution in [0.1, 0.15) is 13.3 Å². The molecule has 2 atom stereocenters. The number of likely N-dealkylation sites (N-methyl/N-ethyl adjacent to an activating group) is 1. The van der Waals surface area contributed by atoms with E-state index in [2.05, 4.69) is 0 Å². The van der Waals surface area contributed by atoms with Crippen LogP contribution >= 0.6 is 0 Å². The number of aliphatic carboxylic acids is 1. The molecule has 0 radical (unpaired) electrons. The van der Waals surface area contributed by atoms with Crippen molar-refractivity contribution in [1.82, 2.24) is 4.90 Å². The van der Waals surface area contributed by atoms with E-state index in [0.29, 0.717) is 18.7 Å². The topological polar surface area (TPSA) is 70.1 Å². The summed E-state index contributed by atoms with van der Waals surface area (Å²) in [6.45, 7) is 2.14. The largest absolute Gasteiger partial charge is 0.495 e. The highest BCUT2D eigenvalue weighted by molar-refractivity contribution is 6.00. The van der Waals surface area contributed by atoms with E-state index in [1.54, 1.807) is 36.9 Å². The van der Waals surface area contributed by atoms with Gasteiger partial charge in [0, 0.05) is 6.54 Å². The molecule has 1 N–H and O–H groups in total. The number of carbonyl (C=O) groups excluding carboxylic acids is 1. The number of methoxy groups -OCH3 is 1. The maximum absolute atomic E-state index is 12.6. The van der Waals surface area contributed by atoms with Crippen LogP contribution in [0.5, 0.6) is 5.75 Å². The molecule has 0 saturated carbocycles. The average Bonchev–Trinajstić information content (AvgIpc) is 2.87. The molecular weight excluding hydrogens is 272 g/mol. The van der Waals surface area contributed by atoms with E-state index in [1.165, 1.54) is 0 Å². The van der Waals surface area contributed by atoms with Crippen molar-refractivity contribution in [2.24, 2.45) is 0 Å². The van der Waals surface area contributed by atoms with Crippen LogP contribution in [0.25, 0.3) is 0 Å². The van der Waals surface area contributed by atoms with Crippen molar-refractivity contribution in [2.75, 3.05) is 25.6 Å². The summed E-state index contributed by atoms with van der Waals surface area (Å²) in [5.41, 5.74) is 0.726. The molecule has 1 saturated heterocycles. The minimum absolute atomic E-state index is 0.0879. The summed E-state index contributed by atoms with van der Waals surface area (Å²) in [5.74, 6) is -0.378. The number of hydrogen-bond donors (Lipinski definition) is 1. The third-order valence-electron chi connectivity index (χ3n) is 4.01. The second-order valence-electron chi connectivity index (χ2n) is 5.15. The predicted molar refractivity (Wildman–Crippen MR) is 78.6 cm³/mol. The normalized spacial score (nSPS) is 19.9. The molecule has 6 nitrogen and oxygen atoms in total. The zero-order valence-corrected chi connectivity index (χ0v) is 12.4.